The third kappa shape index (κ3) is 2.59. The number of hydrazone groups is 1. The smallest absolute Gasteiger partial charge is 0.201 e. The van der Waals surface area contributed by atoms with Crippen LogP contribution in [0.15, 0.2) is 26.3 Å². The molecule has 0 spiro atoms. The van der Waals surface area contributed by atoms with Gasteiger partial charge in [0.15, 0.2) is 5.84 Å². The summed E-state index contributed by atoms with van der Waals surface area (Å²) in [6.07, 6.45) is 1.63. The van der Waals surface area contributed by atoms with Crippen LogP contribution < -0.4 is 11.2 Å². The number of nitrogens with two attached hydrogens (primary N) is 1. The number of H-pyrrole nitrogens is 1. The van der Waals surface area contributed by atoms with Crippen molar-refractivity contribution in [3.05, 3.63) is 21.2 Å². The normalized spacial score (nSPS) is 11.3. The second-order valence-electron chi connectivity index (χ2n) is 3.47. The van der Waals surface area contributed by atoms with E-state index < -0.39 is 5.84 Å². The van der Waals surface area contributed by atoms with E-state index in [9.17, 15) is 0 Å². The molecule has 0 aliphatic rings. The molecule has 0 aliphatic carbocycles. The maximum atomic E-state index is 8.78. The Hall–Kier alpha value is -1.92. The number of aromatic nitrogens is 2. The number of fused-ring (bicyclic) bond motifs is 1. The molecule has 1 aromatic heterocycles. The van der Waals surface area contributed by atoms with Crippen LogP contribution in [0, 0.1) is 16.7 Å². The molecule has 0 atom stereocenters. The standard InChI is InChI=1S/C10H7Br2N7/c11-5-1-6(12)9(4-3-16-18-8(4)5)19-17-7(2-13)10(14)15/h1,3,19H,(H3,14,15)(H,16,18)/b17-7+. The van der Waals surface area contributed by atoms with Gasteiger partial charge in [0.25, 0.3) is 0 Å². The summed E-state index contributed by atoms with van der Waals surface area (Å²) in [6, 6.07) is 3.55. The zero-order valence-corrected chi connectivity index (χ0v) is 12.5. The molecule has 1 aromatic carbocycles. The summed E-state index contributed by atoms with van der Waals surface area (Å²) < 4.78 is 1.58. The fourth-order valence-corrected chi connectivity index (χ4v) is 2.78. The quantitative estimate of drug-likeness (QED) is 0.367. The lowest BCUT2D eigenvalue weighted by atomic mass is 10.2. The van der Waals surface area contributed by atoms with E-state index in [4.69, 9.17) is 16.4 Å². The van der Waals surface area contributed by atoms with Crippen LogP contribution in [0.3, 0.4) is 0 Å². The van der Waals surface area contributed by atoms with Crippen molar-refractivity contribution in [1.29, 1.82) is 10.7 Å². The minimum Gasteiger partial charge on any atom is -0.382 e. The van der Waals surface area contributed by atoms with E-state index in [0.29, 0.717) is 5.69 Å². The lowest BCUT2D eigenvalue weighted by Crippen LogP contribution is -2.21. The Kier molecular flexibility index (Phi) is 3.82. The molecule has 0 unspecified atom stereocenters. The summed E-state index contributed by atoms with van der Waals surface area (Å²) in [5, 5.41) is 27.3. The summed E-state index contributed by atoms with van der Waals surface area (Å²) in [5.74, 6) is -0.397. The van der Waals surface area contributed by atoms with Crippen molar-refractivity contribution in [3.8, 4) is 6.07 Å². The molecule has 5 N–H and O–H groups in total. The highest BCUT2D eigenvalue weighted by atomic mass is 79.9. The predicted octanol–water partition coefficient (Wildman–Crippen LogP) is 2.32. The molecule has 0 saturated heterocycles. The number of hydrogen-bond donors (Lipinski definition) is 4. The molecule has 7 nitrogen and oxygen atoms in total. The number of benzene rings is 1. The van der Waals surface area contributed by atoms with E-state index in [-0.39, 0.29) is 5.71 Å². The Bertz CT molecular complexity index is 725. The van der Waals surface area contributed by atoms with E-state index in [1.165, 1.54) is 0 Å². The first kappa shape index (κ1) is 13.5. The summed E-state index contributed by atoms with van der Waals surface area (Å²) in [5.41, 5.74) is 9.17. The molecule has 19 heavy (non-hydrogen) atoms. The maximum Gasteiger partial charge on any atom is 0.201 e. The Morgan fingerprint density at radius 2 is 2.26 bits per heavy atom. The van der Waals surface area contributed by atoms with E-state index in [1.807, 2.05) is 6.07 Å². The van der Waals surface area contributed by atoms with Crippen LogP contribution in [-0.2, 0) is 0 Å². The monoisotopic (exact) mass is 383 g/mol. The van der Waals surface area contributed by atoms with Crippen LogP contribution in [0.4, 0.5) is 5.69 Å². The molecule has 0 radical (unpaired) electrons. The van der Waals surface area contributed by atoms with Crippen LogP contribution in [0.5, 0.6) is 0 Å². The van der Waals surface area contributed by atoms with Gasteiger partial charge in [-0.2, -0.15) is 15.5 Å². The van der Waals surface area contributed by atoms with E-state index in [2.05, 4.69) is 52.6 Å². The summed E-state index contributed by atoms with van der Waals surface area (Å²) >= 11 is 6.80. The van der Waals surface area contributed by atoms with Crippen LogP contribution in [0.25, 0.3) is 10.9 Å². The average Bonchev–Trinajstić information content (AvgIpc) is 2.82. The number of hydrogen-bond acceptors (Lipinski definition) is 5. The van der Waals surface area contributed by atoms with Gasteiger partial charge in [0.2, 0.25) is 5.71 Å². The van der Waals surface area contributed by atoms with Gasteiger partial charge >= 0.3 is 0 Å². The molecule has 0 amide bonds. The van der Waals surface area contributed by atoms with Gasteiger partial charge in [0.1, 0.15) is 6.07 Å². The molecular weight excluding hydrogens is 378 g/mol. The molecule has 9 heteroatoms. The van der Waals surface area contributed by atoms with Gasteiger partial charge in [-0.25, -0.2) is 0 Å². The van der Waals surface area contributed by atoms with Crippen molar-refractivity contribution < 1.29 is 0 Å². The minimum atomic E-state index is -0.397. The second kappa shape index (κ2) is 5.38. The van der Waals surface area contributed by atoms with E-state index in [0.717, 1.165) is 19.8 Å². The van der Waals surface area contributed by atoms with Gasteiger partial charge in [-0.15, -0.1) is 0 Å². The van der Waals surface area contributed by atoms with Crippen LogP contribution in [-0.4, -0.2) is 21.7 Å². The fourth-order valence-electron chi connectivity index (χ4n) is 1.41. The van der Waals surface area contributed by atoms with Crippen LogP contribution >= 0.6 is 31.9 Å². The third-order valence-corrected chi connectivity index (χ3v) is 3.53. The second-order valence-corrected chi connectivity index (χ2v) is 5.18. The van der Waals surface area contributed by atoms with Crippen molar-refractivity contribution >= 4 is 60.0 Å². The molecule has 0 bridgehead atoms. The molecule has 2 aromatic rings. The van der Waals surface area contributed by atoms with Gasteiger partial charge in [0, 0.05) is 14.3 Å². The topological polar surface area (TPSA) is 127 Å². The lowest BCUT2D eigenvalue weighted by molar-refractivity contribution is 1.12. The Morgan fingerprint density at radius 1 is 1.53 bits per heavy atom. The first-order chi connectivity index (χ1) is 9.04. The summed E-state index contributed by atoms with van der Waals surface area (Å²) in [7, 11) is 0. The molecule has 96 valence electrons. The highest BCUT2D eigenvalue weighted by Crippen LogP contribution is 2.35. The zero-order valence-electron chi connectivity index (χ0n) is 9.33. The van der Waals surface area contributed by atoms with Gasteiger partial charge in [-0.3, -0.25) is 15.9 Å². The van der Waals surface area contributed by atoms with E-state index >= 15 is 0 Å². The van der Waals surface area contributed by atoms with Crippen molar-refractivity contribution in [2.24, 2.45) is 10.8 Å². The largest absolute Gasteiger partial charge is 0.382 e. The zero-order chi connectivity index (χ0) is 14.0. The third-order valence-electron chi connectivity index (χ3n) is 2.28. The first-order valence-corrected chi connectivity index (χ1v) is 6.52. The molecule has 0 saturated carbocycles. The van der Waals surface area contributed by atoms with Gasteiger partial charge in [-0.05, 0) is 37.9 Å². The Morgan fingerprint density at radius 3 is 2.89 bits per heavy atom. The molecule has 1 heterocycles. The van der Waals surface area contributed by atoms with Crippen LogP contribution in [0.2, 0.25) is 0 Å². The van der Waals surface area contributed by atoms with Crippen molar-refractivity contribution in [1.82, 2.24) is 10.2 Å². The average molecular weight is 385 g/mol. The minimum absolute atomic E-state index is 0.188. The number of anilines is 1. The number of nitrogens with zero attached hydrogens (tertiary/aromatic N) is 3. The number of amidine groups is 1. The maximum absolute atomic E-state index is 8.78. The van der Waals surface area contributed by atoms with Crippen molar-refractivity contribution in [3.63, 3.8) is 0 Å². The Balaban J connectivity index is 2.50. The highest BCUT2D eigenvalue weighted by Gasteiger charge is 2.11. The van der Waals surface area contributed by atoms with Gasteiger partial charge in [0.05, 0.1) is 17.4 Å². The predicted molar refractivity (Wildman–Crippen MR) is 80.1 cm³/mol. The summed E-state index contributed by atoms with van der Waals surface area (Å²) in [4.78, 5) is 0. The number of halogens is 2. The first-order valence-electron chi connectivity index (χ1n) is 4.94. The van der Waals surface area contributed by atoms with Gasteiger partial charge < -0.3 is 5.73 Å². The van der Waals surface area contributed by atoms with Gasteiger partial charge in [-0.1, -0.05) is 0 Å². The number of nitriles is 1. The number of nitrogens with one attached hydrogen (secondary N) is 3. The fraction of sp³-hybridized carbons (Fsp3) is 0. The highest BCUT2D eigenvalue weighted by molar-refractivity contribution is 9.11. The molecule has 0 fully saturated rings. The summed E-state index contributed by atoms with van der Waals surface area (Å²) in [6.45, 7) is 0. The SMILES string of the molecule is N#C/C(=N\Nc1c(Br)cc(Br)c2[nH]ncc12)C(=N)N. The van der Waals surface area contributed by atoms with E-state index in [1.54, 1.807) is 12.3 Å². The molecular formula is C10H7Br2N7. The number of rotatable bonds is 3. The van der Waals surface area contributed by atoms with Crippen LogP contribution in [0.1, 0.15) is 0 Å². The number of aromatic amines is 1. The molecule has 0 aliphatic heterocycles. The molecule has 2 rings (SSSR count). The Labute approximate surface area is 124 Å². The van der Waals surface area contributed by atoms with Crippen molar-refractivity contribution in [2.75, 3.05) is 5.43 Å². The van der Waals surface area contributed by atoms with Crippen molar-refractivity contribution in [2.45, 2.75) is 0 Å². The lowest BCUT2D eigenvalue weighted by Gasteiger charge is -2.07.